The van der Waals surface area contributed by atoms with Gasteiger partial charge < -0.3 is 4.74 Å². The summed E-state index contributed by atoms with van der Waals surface area (Å²) in [5.74, 6) is 0.273. The van der Waals surface area contributed by atoms with Crippen LogP contribution in [-0.4, -0.2) is 0 Å². The SMILES string of the molecule is C=CC1=C(F)O1. The van der Waals surface area contributed by atoms with E-state index in [0.29, 0.717) is 0 Å². The molecule has 1 nitrogen and oxygen atoms in total. The fourth-order valence-electron chi connectivity index (χ4n) is 0.193. The second-order valence-electron chi connectivity index (χ2n) is 0.944. The first-order valence-electron chi connectivity index (χ1n) is 1.54. The smallest absolute Gasteiger partial charge is 0.322 e. The number of hydrogen-bond acceptors (Lipinski definition) is 1. The van der Waals surface area contributed by atoms with E-state index in [0.717, 1.165) is 0 Å². The van der Waals surface area contributed by atoms with Crippen LogP contribution in [-0.2, 0) is 4.74 Å². The number of ether oxygens (including phenoxy) is 1. The highest BCUT2D eigenvalue weighted by Crippen LogP contribution is 2.26. The molecular weight excluding hydrogens is 83.0 g/mol. The van der Waals surface area contributed by atoms with Crippen LogP contribution in [0.3, 0.4) is 0 Å². The highest BCUT2D eigenvalue weighted by Gasteiger charge is 2.20. The molecule has 1 rings (SSSR count). The van der Waals surface area contributed by atoms with E-state index in [1.807, 2.05) is 0 Å². The van der Waals surface area contributed by atoms with Crippen LogP contribution >= 0.6 is 0 Å². The number of allylic oxidation sites excluding steroid dienone is 1. The minimum absolute atomic E-state index is 0.273. The van der Waals surface area contributed by atoms with Gasteiger partial charge in [-0.3, -0.25) is 0 Å². The van der Waals surface area contributed by atoms with Gasteiger partial charge in [0.25, 0.3) is 0 Å². The first kappa shape index (κ1) is 3.40. The van der Waals surface area contributed by atoms with Crippen LogP contribution in [0.4, 0.5) is 4.39 Å². The van der Waals surface area contributed by atoms with Crippen molar-refractivity contribution in [3.63, 3.8) is 0 Å². The lowest BCUT2D eigenvalue weighted by Crippen LogP contribution is -1.40. The van der Waals surface area contributed by atoms with Crippen LogP contribution in [0.2, 0.25) is 0 Å². The summed E-state index contributed by atoms with van der Waals surface area (Å²) in [6.07, 6.45) is 1.33. The van der Waals surface area contributed by atoms with Crippen molar-refractivity contribution in [2.75, 3.05) is 0 Å². The van der Waals surface area contributed by atoms with Gasteiger partial charge in [0.15, 0.2) is 0 Å². The molecule has 0 N–H and O–H groups in total. The Morgan fingerprint density at radius 3 is 2.33 bits per heavy atom. The van der Waals surface area contributed by atoms with E-state index >= 15 is 0 Å². The summed E-state index contributed by atoms with van der Waals surface area (Å²) in [6.45, 7) is 3.25. The average molecular weight is 86.1 g/mol. The first-order valence-corrected chi connectivity index (χ1v) is 1.54. The van der Waals surface area contributed by atoms with Crippen LogP contribution < -0.4 is 0 Å². The van der Waals surface area contributed by atoms with Gasteiger partial charge in [0.2, 0.25) is 5.76 Å². The number of halogens is 1. The quantitative estimate of drug-likeness (QED) is 0.469. The van der Waals surface area contributed by atoms with Crippen molar-refractivity contribution < 1.29 is 9.13 Å². The van der Waals surface area contributed by atoms with Crippen LogP contribution in [0.1, 0.15) is 0 Å². The Kier molecular flexibility index (Phi) is 0.473. The van der Waals surface area contributed by atoms with Crippen molar-refractivity contribution in [2.45, 2.75) is 0 Å². The topological polar surface area (TPSA) is 12.5 Å². The number of hydrogen-bond donors (Lipinski definition) is 0. The molecule has 0 amide bonds. The van der Waals surface area contributed by atoms with E-state index in [1.165, 1.54) is 6.08 Å². The highest BCUT2D eigenvalue weighted by atomic mass is 19.1. The maximum absolute atomic E-state index is 11.4. The lowest BCUT2D eigenvalue weighted by atomic mass is 10.6. The molecule has 0 saturated carbocycles. The van der Waals surface area contributed by atoms with Crippen molar-refractivity contribution >= 4 is 0 Å². The summed E-state index contributed by atoms with van der Waals surface area (Å²) in [7, 11) is 0. The minimum Gasteiger partial charge on any atom is -0.422 e. The third kappa shape index (κ3) is 0.302. The Morgan fingerprint density at radius 1 is 1.83 bits per heavy atom. The van der Waals surface area contributed by atoms with Crippen molar-refractivity contribution in [3.05, 3.63) is 24.4 Å². The molecule has 0 bridgehead atoms. The van der Waals surface area contributed by atoms with Gasteiger partial charge >= 0.3 is 6.01 Å². The zero-order valence-electron chi connectivity index (χ0n) is 3.07. The van der Waals surface area contributed by atoms with E-state index < -0.39 is 6.01 Å². The summed E-state index contributed by atoms with van der Waals surface area (Å²) in [5, 5.41) is 0. The summed E-state index contributed by atoms with van der Waals surface area (Å²) in [4.78, 5) is 0. The molecule has 1 heterocycles. The van der Waals surface area contributed by atoms with Crippen molar-refractivity contribution in [3.8, 4) is 0 Å². The molecule has 0 atom stereocenters. The third-order valence-electron chi connectivity index (χ3n) is 0.537. The van der Waals surface area contributed by atoms with Gasteiger partial charge in [0.05, 0.1) is 0 Å². The van der Waals surface area contributed by atoms with Crippen LogP contribution in [0, 0.1) is 0 Å². The van der Waals surface area contributed by atoms with E-state index in [1.54, 1.807) is 0 Å². The van der Waals surface area contributed by atoms with E-state index in [-0.39, 0.29) is 5.76 Å². The van der Waals surface area contributed by atoms with Gasteiger partial charge in [-0.05, 0) is 6.08 Å². The van der Waals surface area contributed by atoms with Crippen molar-refractivity contribution in [2.24, 2.45) is 0 Å². The molecule has 0 aromatic rings. The molecule has 0 unspecified atom stereocenters. The van der Waals surface area contributed by atoms with Crippen LogP contribution in [0.5, 0.6) is 0 Å². The summed E-state index contributed by atoms with van der Waals surface area (Å²) in [5.41, 5.74) is 0. The van der Waals surface area contributed by atoms with E-state index in [9.17, 15) is 4.39 Å². The zero-order valence-corrected chi connectivity index (χ0v) is 3.07. The van der Waals surface area contributed by atoms with Crippen molar-refractivity contribution in [1.82, 2.24) is 0 Å². The molecule has 32 valence electrons. The van der Waals surface area contributed by atoms with Gasteiger partial charge in [-0.25, -0.2) is 0 Å². The minimum atomic E-state index is -0.495. The second-order valence-corrected chi connectivity index (χ2v) is 0.944. The van der Waals surface area contributed by atoms with Crippen LogP contribution in [0.25, 0.3) is 0 Å². The van der Waals surface area contributed by atoms with Gasteiger partial charge in [-0.1, -0.05) is 6.58 Å². The highest BCUT2D eigenvalue weighted by molar-refractivity contribution is 5.21. The Morgan fingerprint density at radius 2 is 2.33 bits per heavy atom. The standard InChI is InChI=1S/C4H3FO/c1-2-3-4(5)6-3/h2H,1H2. The Hall–Kier alpha value is -0.790. The molecule has 1 aliphatic heterocycles. The van der Waals surface area contributed by atoms with Crippen molar-refractivity contribution in [1.29, 1.82) is 0 Å². The zero-order chi connectivity index (χ0) is 4.57. The summed E-state index contributed by atoms with van der Waals surface area (Å²) >= 11 is 0. The third-order valence-corrected chi connectivity index (χ3v) is 0.537. The average Bonchev–Trinajstić information content (AvgIpc) is 2.19. The molecule has 0 fully saturated rings. The predicted octanol–water partition coefficient (Wildman–Crippen LogP) is 1.34. The van der Waals surface area contributed by atoms with Gasteiger partial charge in [-0.15, -0.1) is 0 Å². The van der Waals surface area contributed by atoms with E-state index in [2.05, 4.69) is 11.3 Å². The number of rotatable bonds is 1. The molecule has 0 aromatic heterocycles. The van der Waals surface area contributed by atoms with Gasteiger partial charge in [0.1, 0.15) is 0 Å². The van der Waals surface area contributed by atoms with Gasteiger partial charge in [0, 0.05) is 0 Å². The summed E-state index contributed by atoms with van der Waals surface area (Å²) in [6, 6.07) is -0.495. The van der Waals surface area contributed by atoms with Crippen LogP contribution in [0.15, 0.2) is 24.4 Å². The van der Waals surface area contributed by atoms with E-state index in [4.69, 9.17) is 0 Å². The maximum atomic E-state index is 11.4. The molecule has 2 heteroatoms. The lowest BCUT2D eigenvalue weighted by Gasteiger charge is -1.57. The monoisotopic (exact) mass is 86.0 g/mol. The normalized spacial score (nSPS) is 16.8. The first-order chi connectivity index (χ1) is 2.84. The molecule has 0 spiro atoms. The molecule has 0 radical (unpaired) electrons. The Balaban J connectivity index is 2.59. The Bertz CT molecular complexity index is 115. The largest absolute Gasteiger partial charge is 0.422 e. The molecule has 1 aliphatic rings. The fraction of sp³-hybridized carbons (Fsp3) is 0. The molecular formula is C4H3FO. The molecule has 0 aliphatic carbocycles. The maximum Gasteiger partial charge on any atom is 0.322 e. The van der Waals surface area contributed by atoms with Gasteiger partial charge in [-0.2, -0.15) is 4.39 Å². The predicted molar refractivity (Wildman–Crippen MR) is 19.4 cm³/mol. The fourth-order valence-corrected chi connectivity index (χ4v) is 0.193. The molecule has 0 saturated heterocycles. The Labute approximate surface area is 34.7 Å². The lowest BCUT2D eigenvalue weighted by molar-refractivity contribution is 0.377. The molecule has 6 heavy (non-hydrogen) atoms. The molecule has 0 aromatic carbocycles. The second kappa shape index (κ2) is 0.834. The summed E-state index contributed by atoms with van der Waals surface area (Å²) < 4.78 is 15.5.